The van der Waals surface area contributed by atoms with Gasteiger partial charge in [0, 0.05) is 18.7 Å². The monoisotopic (exact) mass is 169 g/mol. The molecule has 0 spiro atoms. The van der Waals surface area contributed by atoms with Crippen LogP contribution in [0, 0.1) is 5.92 Å². The van der Waals surface area contributed by atoms with Crippen molar-refractivity contribution in [3.05, 3.63) is 0 Å². The number of hydrogen-bond donors (Lipinski definition) is 1. The molecule has 2 nitrogen and oxygen atoms in total. The summed E-state index contributed by atoms with van der Waals surface area (Å²) < 4.78 is 5.42. The quantitative estimate of drug-likeness (QED) is 0.677. The van der Waals surface area contributed by atoms with Crippen LogP contribution in [0.25, 0.3) is 0 Å². The fourth-order valence-corrected chi connectivity index (χ4v) is 2.09. The average Bonchev–Trinajstić information content (AvgIpc) is 2.14. The molecule has 2 heteroatoms. The summed E-state index contributed by atoms with van der Waals surface area (Å²) >= 11 is 0. The fourth-order valence-electron chi connectivity index (χ4n) is 2.09. The lowest BCUT2D eigenvalue weighted by atomic mass is 9.80. The maximum absolute atomic E-state index is 5.42. The molecule has 0 aromatic carbocycles. The number of ether oxygens (including phenoxy) is 1. The van der Waals surface area contributed by atoms with Crippen LogP contribution < -0.4 is 5.32 Å². The predicted octanol–water partition coefficient (Wildman–Crippen LogP) is 1.55. The van der Waals surface area contributed by atoms with Gasteiger partial charge in [-0.3, -0.25) is 0 Å². The maximum atomic E-state index is 5.42. The van der Waals surface area contributed by atoms with E-state index in [2.05, 4.69) is 12.2 Å². The molecule has 2 aliphatic rings. The highest BCUT2D eigenvalue weighted by Gasteiger charge is 2.28. The minimum atomic E-state index is 0.645. The van der Waals surface area contributed by atoms with Gasteiger partial charge in [0.25, 0.3) is 0 Å². The summed E-state index contributed by atoms with van der Waals surface area (Å²) in [5.41, 5.74) is 0. The van der Waals surface area contributed by atoms with E-state index in [1.165, 1.54) is 25.7 Å². The van der Waals surface area contributed by atoms with Crippen molar-refractivity contribution in [1.29, 1.82) is 0 Å². The van der Waals surface area contributed by atoms with Crippen LogP contribution in [0.4, 0.5) is 0 Å². The molecule has 1 saturated carbocycles. The van der Waals surface area contributed by atoms with Gasteiger partial charge in [-0.2, -0.15) is 0 Å². The first kappa shape index (κ1) is 8.52. The molecule has 2 fully saturated rings. The third-order valence-electron chi connectivity index (χ3n) is 3.23. The molecular formula is C10H19NO. The summed E-state index contributed by atoms with van der Waals surface area (Å²) in [5.74, 6) is 0.895. The van der Waals surface area contributed by atoms with E-state index in [4.69, 9.17) is 4.74 Å². The van der Waals surface area contributed by atoms with Crippen LogP contribution in [0.15, 0.2) is 0 Å². The molecule has 0 bridgehead atoms. The van der Waals surface area contributed by atoms with Gasteiger partial charge in [-0.05, 0) is 31.6 Å². The molecule has 3 atom stereocenters. The Balaban J connectivity index is 1.70. The van der Waals surface area contributed by atoms with Crippen LogP contribution >= 0.6 is 0 Å². The molecule has 2 unspecified atom stereocenters. The van der Waals surface area contributed by atoms with Crippen molar-refractivity contribution in [3.63, 3.8) is 0 Å². The van der Waals surface area contributed by atoms with E-state index in [0.29, 0.717) is 6.04 Å². The van der Waals surface area contributed by atoms with Crippen LogP contribution in [-0.2, 0) is 4.74 Å². The van der Waals surface area contributed by atoms with Gasteiger partial charge < -0.3 is 10.1 Å². The highest BCUT2D eigenvalue weighted by molar-refractivity contribution is 4.86. The van der Waals surface area contributed by atoms with Crippen LogP contribution in [0.5, 0.6) is 0 Å². The van der Waals surface area contributed by atoms with Crippen molar-refractivity contribution in [3.8, 4) is 0 Å². The van der Waals surface area contributed by atoms with Crippen molar-refractivity contribution < 1.29 is 4.74 Å². The molecule has 1 aliphatic carbocycles. The van der Waals surface area contributed by atoms with Crippen LogP contribution in [0.3, 0.4) is 0 Å². The minimum absolute atomic E-state index is 0.645. The molecule has 0 aromatic heterocycles. The van der Waals surface area contributed by atoms with E-state index in [0.717, 1.165) is 25.2 Å². The van der Waals surface area contributed by atoms with Gasteiger partial charge in [0.15, 0.2) is 0 Å². The third kappa shape index (κ3) is 1.80. The van der Waals surface area contributed by atoms with Gasteiger partial charge in [0.1, 0.15) is 0 Å². The van der Waals surface area contributed by atoms with Crippen molar-refractivity contribution in [2.24, 2.45) is 5.92 Å². The largest absolute Gasteiger partial charge is 0.380 e. The third-order valence-corrected chi connectivity index (χ3v) is 3.23. The Bertz CT molecular complexity index is 143. The summed E-state index contributed by atoms with van der Waals surface area (Å²) in [6.45, 7) is 4.24. The highest BCUT2D eigenvalue weighted by atomic mass is 16.5. The predicted molar refractivity (Wildman–Crippen MR) is 49.2 cm³/mol. The number of rotatable bonds is 2. The van der Waals surface area contributed by atoms with Crippen LogP contribution in [0.1, 0.15) is 32.6 Å². The molecule has 0 radical (unpaired) electrons. The zero-order chi connectivity index (χ0) is 8.39. The van der Waals surface area contributed by atoms with Gasteiger partial charge in [-0.15, -0.1) is 0 Å². The molecule has 1 heterocycles. The molecule has 12 heavy (non-hydrogen) atoms. The Morgan fingerprint density at radius 1 is 1.25 bits per heavy atom. The topological polar surface area (TPSA) is 21.3 Å². The Hall–Kier alpha value is -0.0800. The van der Waals surface area contributed by atoms with Crippen LogP contribution in [-0.4, -0.2) is 25.3 Å². The molecule has 0 amide bonds. The number of hydrogen-bond acceptors (Lipinski definition) is 2. The van der Waals surface area contributed by atoms with E-state index >= 15 is 0 Å². The lowest BCUT2D eigenvalue weighted by Crippen LogP contribution is -2.50. The van der Waals surface area contributed by atoms with Gasteiger partial charge in [0.05, 0.1) is 6.61 Å². The standard InChI is InChI=1S/C10H19NO/c1-8-4-5-10(8)11-9-3-2-6-12-7-9/h8-11H,2-7H2,1H3/t8?,9-,10?/m1/s1. The van der Waals surface area contributed by atoms with Crippen LogP contribution in [0.2, 0.25) is 0 Å². The highest BCUT2D eigenvalue weighted by Crippen LogP contribution is 2.27. The number of nitrogens with one attached hydrogen (secondary N) is 1. The Morgan fingerprint density at radius 3 is 2.67 bits per heavy atom. The second-order valence-electron chi connectivity index (χ2n) is 4.24. The van der Waals surface area contributed by atoms with Gasteiger partial charge in [-0.25, -0.2) is 0 Å². The summed E-state index contributed by atoms with van der Waals surface area (Å²) in [7, 11) is 0. The normalized spacial score (nSPS) is 42.2. The van der Waals surface area contributed by atoms with Gasteiger partial charge in [0.2, 0.25) is 0 Å². The summed E-state index contributed by atoms with van der Waals surface area (Å²) in [4.78, 5) is 0. The molecule has 2 rings (SSSR count). The van der Waals surface area contributed by atoms with E-state index in [1.807, 2.05) is 0 Å². The second-order valence-corrected chi connectivity index (χ2v) is 4.24. The second kappa shape index (κ2) is 3.75. The first-order chi connectivity index (χ1) is 5.86. The van der Waals surface area contributed by atoms with Crippen molar-refractivity contribution in [2.45, 2.75) is 44.7 Å². The minimum Gasteiger partial charge on any atom is -0.380 e. The summed E-state index contributed by atoms with van der Waals surface area (Å²) in [6, 6.07) is 1.43. The van der Waals surface area contributed by atoms with E-state index in [-0.39, 0.29) is 0 Å². The van der Waals surface area contributed by atoms with E-state index < -0.39 is 0 Å². The SMILES string of the molecule is CC1CCC1N[C@@H]1CCCOC1. The van der Waals surface area contributed by atoms with E-state index in [9.17, 15) is 0 Å². The van der Waals surface area contributed by atoms with E-state index in [1.54, 1.807) is 0 Å². The zero-order valence-corrected chi connectivity index (χ0v) is 7.88. The summed E-state index contributed by atoms with van der Waals surface area (Å²) in [6.07, 6.45) is 5.32. The zero-order valence-electron chi connectivity index (χ0n) is 7.88. The van der Waals surface area contributed by atoms with Gasteiger partial charge >= 0.3 is 0 Å². The fraction of sp³-hybridized carbons (Fsp3) is 1.00. The molecule has 1 N–H and O–H groups in total. The molecule has 1 aliphatic heterocycles. The Labute approximate surface area is 74.7 Å². The molecule has 1 saturated heterocycles. The Kier molecular flexibility index (Phi) is 2.66. The first-order valence-electron chi connectivity index (χ1n) is 5.20. The first-order valence-corrected chi connectivity index (χ1v) is 5.20. The molecule has 70 valence electrons. The Morgan fingerprint density at radius 2 is 2.17 bits per heavy atom. The smallest absolute Gasteiger partial charge is 0.0619 e. The average molecular weight is 169 g/mol. The lowest BCUT2D eigenvalue weighted by molar-refractivity contribution is 0.0552. The maximum Gasteiger partial charge on any atom is 0.0619 e. The molecular weight excluding hydrogens is 150 g/mol. The van der Waals surface area contributed by atoms with Crippen molar-refractivity contribution >= 4 is 0 Å². The van der Waals surface area contributed by atoms with Crippen molar-refractivity contribution in [1.82, 2.24) is 5.32 Å². The van der Waals surface area contributed by atoms with Crippen molar-refractivity contribution in [2.75, 3.05) is 13.2 Å². The molecule has 0 aromatic rings. The van der Waals surface area contributed by atoms with Gasteiger partial charge in [-0.1, -0.05) is 6.92 Å². The lowest BCUT2D eigenvalue weighted by Gasteiger charge is -2.38. The summed E-state index contributed by atoms with van der Waals surface area (Å²) in [5, 5.41) is 3.68.